The van der Waals surface area contributed by atoms with Crippen molar-refractivity contribution in [3.05, 3.63) is 29.8 Å². The van der Waals surface area contributed by atoms with Crippen LogP contribution in [-0.2, 0) is 20.2 Å². The molecule has 1 aromatic carbocycles. The number of piperidine rings is 1. The summed E-state index contributed by atoms with van der Waals surface area (Å²) in [6, 6.07) is 7.97. The van der Waals surface area contributed by atoms with Crippen LogP contribution in [0.15, 0.2) is 29.2 Å². The second kappa shape index (κ2) is 8.08. The first-order valence-electron chi connectivity index (χ1n) is 9.40. The zero-order valence-electron chi connectivity index (χ0n) is 16.2. The largest absolute Gasteiger partial charge is 0.282 e. The van der Waals surface area contributed by atoms with E-state index in [0.717, 1.165) is 6.42 Å². The van der Waals surface area contributed by atoms with Crippen LogP contribution in [0.1, 0.15) is 25.8 Å². The van der Waals surface area contributed by atoms with Crippen molar-refractivity contribution in [1.29, 1.82) is 5.26 Å². The Morgan fingerprint density at radius 1 is 0.893 bits per heavy atom. The van der Waals surface area contributed by atoms with Crippen molar-refractivity contribution in [3.8, 4) is 6.07 Å². The Bertz CT molecular complexity index is 954. The Morgan fingerprint density at radius 3 is 2.00 bits per heavy atom. The molecule has 0 unspecified atom stereocenters. The lowest BCUT2D eigenvalue weighted by atomic mass is 9.94. The number of nitrogens with zero attached hydrogens (tertiary/aromatic N) is 4. The third kappa shape index (κ3) is 4.09. The molecule has 2 fully saturated rings. The van der Waals surface area contributed by atoms with Crippen LogP contribution in [-0.4, -0.2) is 69.0 Å². The molecule has 8 nitrogen and oxygen atoms in total. The predicted molar refractivity (Wildman–Crippen MR) is 105 cm³/mol. The van der Waals surface area contributed by atoms with Crippen LogP contribution >= 0.6 is 0 Å². The summed E-state index contributed by atoms with van der Waals surface area (Å²) in [4.78, 5) is -0.0347. The molecule has 28 heavy (non-hydrogen) atoms. The highest BCUT2D eigenvalue weighted by Crippen LogP contribution is 2.26. The maximum atomic E-state index is 13.0. The van der Waals surface area contributed by atoms with E-state index in [9.17, 15) is 22.1 Å². The van der Waals surface area contributed by atoms with Crippen molar-refractivity contribution < 1.29 is 16.8 Å². The number of sulfonamides is 1. The molecule has 3 rings (SSSR count). The van der Waals surface area contributed by atoms with E-state index in [1.165, 1.54) is 25.0 Å². The third-order valence-electron chi connectivity index (χ3n) is 5.31. The summed E-state index contributed by atoms with van der Waals surface area (Å²) in [6.07, 6.45) is 1.01. The summed E-state index contributed by atoms with van der Waals surface area (Å²) in [5, 5.41) is 9.19. The average Bonchev–Trinajstić information content (AvgIpc) is 2.67. The van der Waals surface area contributed by atoms with Crippen molar-refractivity contribution >= 4 is 20.2 Å². The van der Waals surface area contributed by atoms with E-state index in [1.54, 1.807) is 12.1 Å². The lowest BCUT2D eigenvalue weighted by Gasteiger charge is -2.40. The Kier molecular flexibility index (Phi) is 6.12. The van der Waals surface area contributed by atoms with E-state index in [2.05, 4.69) is 13.8 Å². The van der Waals surface area contributed by atoms with E-state index in [1.807, 2.05) is 6.07 Å². The molecular weight excluding hydrogens is 400 g/mol. The first kappa shape index (κ1) is 21.2. The lowest BCUT2D eigenvalue weighted by Crippen LogP contribution is -2.56. The van der Waals surface area contributed by atoms with E-state index < -0.39 is 20.2 Å². The van der Waals surface area contributed by atoms with Crippen molar-refractivity contribution in [2.75, 3.05) is 39.3 Å². The summed E-state index contributed by atoms with van der Waals surface area (Å²) in [7, 11) is -7.44. The van der Waals surface area contributed by atoms with Gasteiger partial charge in [0.2, 0.25) is 10.0 Å². The standard InChI is InChI=1S/C18H26N4O4S2/c1-15-11-16(2)14-22(13-15)28(25,26)21-9-7-20(8-10-21)27(23,24)18-6-4-3-5-17(18)12-19/h3-6,15-16H,7-11,13-14H2,1-2H3/t15-,16-/m0/s1. The van der Waals surface area contributed by atoms with Gasteiger partial charge in [0.1, 0.15) is 6.07 Å². The molecule has 0 radical (unpaired) electrons. The van der Waals surface area contributed by atoms with E-state index in [4.69, 9.17) is 0 Å². The quantitative estimate of drug-likeness (QED) is 0.717. The Balaban J connectivity index is 1.73. The van der Waals surface area contributed by atoms with E-state index in [-0.39, 0.29) is 36.6 Å². The molecular formula is C18H26N4O4S2. The third-order valence-corrected chi connectivity index (χ3v) is 9.24. The lowest BCUT2D eigenvalue weighted by molar-refractivity contribution is 0.197. The summed E-state index contributed by atoms with van der Waals surface area (Å²) in [5.74, 6) is 0.616. The fraction of sp³-hybridized carbons (Fsp3) is 0.611. The van der Waals surface area contributed by atoms with Gasteiger partial charge < -0.3 is 0 Å². The highest BCUT2D eigenvalue weighted by Gasteiger charge is 2.38. The Hall–Kier alpha value is -1.51. The first-order chi connectivity index (χ1) is 13.2. The monoisotopic (exact) mass is 426 g/mol. The zero-order valence-corrected chi connectivity index (χ0v) is 17.8. The van der Waals surface area contributed by atoms with Crippen LogP contribution in [0, 0.1) is 23.2 Å². The molecule has 2 saturated heterocycles. The molecule has 0 amide bonds. The smallest absolute Gasteiger partial charge is 0.207 e. The molecule has 0 spiro atoms. The fourth-order valence-electron chi connectivity index (χ4n) is 4.02. The molecule has 154 valence electrons. The molecule has 0 aromatic heterocycles. The van der Waals surface area contributed by atoms with E-state index >= 15 is 0 Å². The molecule has 2 heterocycles. The van der Waals surface area contributed by atoms with Gasteiger partial charge in [0.05, 0.1) is 10.5 Å². The van der Waals surface area contributed by atoms with Gasteiger partial charge in [-0.2, -0.15) is 26.6 Å². The highest BCUT2D eigenvalue weighted by atomic mass is 32.2. The van der Waals surface area contributed by atoms with E-state index in [0.29, 0.717) is 24.9 Å². The SMILES string of the molecule is C[C@H]1C[C@H](C)CN(S(=O)(=O)N2CCN(S(=O)(=O)c3ccccc3C#N)CC2)C1. The molecule has 0 bridgehead atoms. The van der Waals surface area contributed by atoms with Crippen molar-refractivity contribution in [2.45, 2.75) is 25.2 Å². The number of piperazine rings is 1. The summed E-state index contributed by atoms with van der Waals surface area (Å²) >= 11 is 0. The van der Waals surface area contributed by atoms with Crippen LogP contribution < -0.4 is 0 Å². The Labute approximate surface area is 167 Å². The summed E-state index contributed by atoms with van der Waals surface area (Å²) < 4.78 is 56.0. The van der Waals surface area contributed by atoms with Gasteiger partial charge in [-0.15, -0.1) is 0 Å². The van der Waals surface area contributed by atoms with Crippen molar-refractivity contribution in [3.63, 3.8) is 0 Å². The summed E-state index contributed by atoms with van der Waals surface area (Å²) in [5.41, 5.74) is 0.0915. The molecule has 0 N–H and O–H groups in total. The van der Waals surface area contributed by atoms with Gasteiger partial charge in [0.25, 0.3) is 10.2 Å². The van der Waals surface area contributed by atoms with Gasteiger partial charge in [-0.05, 0) is 30.4 Å². The van der Waals surface area contributed by atoms with Gasteiger partial charge in [-0.1, -0.05) is 26.0 Å². The second-order valence-corrected chi connectivity index (χ2v) is 11.5. The molecule has 1 aromatic rings. The number of benzene rings is 1. The van der Waals surface area contributed by atoms with Gasteiger partial charge >= 0.3 is 0 Å². The number of hydrogen-bond donors (Lipinski definition) is 0. The van der Waals surface area contributed by atoms with Gasteiger partial charge in [-0.3, -0.25) is 0 Å². The topological polar surface area (TPSA) is 102 Å². The van der Waals surface area contributed by atoms with Crippen molar-refractivity contribution in [2.24, 2.45) is 11.8 Å². The molecule has 0 saturated carbocycles. The maximum Gasteiger partial charge on any atom is 0.282 e. The molecule has 2 atom stereocenters. The zero-order chi connectivity index (χ0) is 20.5. The van der Waals surface area contributed by atoms with Crippen LogP contribution in [0.2, 0.25) is 0 Å². The van der Waals surface area contributed by atoms with Crippen LogP contribution in [0.5, 0.6) is 0 Å². The number of rotatable bonds is 4. The minimum absolute atomic E-state index is 0.0347. The van der Waals surface area contributed by atoms with Crippen LogP contribution in [0.25, 0.3) is 0 Å². The number of hydrogen-bond acceptors (Lipinski definition) is 5. The summed E-state index contributed by atoms with van der Waals surface area (Å²) in [6.45, 7) is 5.46. The number of nitriles is 1. The molecule has 10 heteroatoms. The maximum absolute atomic E-state index is 13.0. The fourth-order valence-corrected chi connectivity index (χ4v) is 7.42. The van der Waals surface area contributed by atoms with Crippen molar-refractivity contribution in [1.82, 2.24) is 12.9 Å². The normalized spacial score (nSPS) is 26.0. The molecule has 0 aliphatic carbocycles. The highest BCUT2D eigenvalue weighted by molar-refractivity contribution is 7.89. The second-order valence-electron chi connectivity index (χ2n) is 7.68. The Morgan fingerprint density at radius 2 is 1.43 bits per heavy atom. The minimum atomic E-state index is -3.84. The van der Waals surface area contributed by atoms with Gasteiger partial charge in [0.15, 0.2) is 0 Å². The first-order valence-corrected chi connectivity index (χ1v) is 12.2. The molecule has 2 aliphatic heterocycles. The van der Waals surface area contributed by atoms with Gasteiger partial charge in [0, 0.05) is 39.3 Å². The van der Waals surface area contributed by atoms with Crippen LogP contribution in [0.3, 0.4) is 0 Å². The van der Waals surface area contributed by atoms with Crippen LogP contribution in [0.4, 0.5) is 0 Å². The predicted octanol–water partition coefficient (Wildman–Crippen LogP) is 1.09. The average molecular weight is 427 g/mol. The minimum Gasteiger partial charge on any atom is -0.207 e. The van der Waals surface area contributed by atoms with Gasteiger partial charge in [-0.25, -0.2) is 8.42 Å². The molecule has 2 aliphatic rings.